The molecule has 0 bridgehead atoms. The van der Waals surface area contributed by atoms with Crippen molar-refractivity contribution >= 4 is 17.5 Å². The van der Waals surface area contributed by atoms with Gasteiger partial charge in [0, 0.05) is 17.8 Å². The summed E-state index contributed by atoms with van der Waals surface area (Å²) in [7, 11) is 0. The van der Waals surface area contributed by atoms with Crippen molar-refractivity contribution in [1.29, 1.82) is 5.26 Å². The number of rotatable bonds is 6. The van der Waals surface area contributed by atoms with Gasteiger partial charge in [-0.2, -0.15) is 5.26 Å². The van der Waals surface area contributed by atoms with Crippen LogP contribution >= 0.6 is 0 Å². The number of hydrogen-bond acceptors (Lipinski definition) is 4. The van der Waals surface area contributed by atoms with Crippen molar-refractivity contribution in [3.8, 4) is 6.07 Å². The van der Waals surface area contributed by atoms with E-state index in [0.717, 1.165) is 25.7 Å². The van der Waals surface area contributed by atoms with Gasteiger partial charge in [0.2, 0.25) is 5.91 Å². The molecule has 0 spiro atoms. The lowest BCUT2D eigenvalue weighted by molar-refractivity contribution is -0.126. The van der Waals surface area contributed by atoms with Crippen LogP contribution in [0.1, 0.15) is 42.5 Å². The number of nitrogens with zero attached hydrogens (tertiary/aromatic N) is 1. The summed E-state index contributed by atoms with van der Waals surface area (Å²) < 4.78 is 0. The first kappa shape index (κ1) is 17.8. The molecular formula is C18H24N4O2. The van der Waals surface area contributed by atoms with E-state index >= 15 is 0 Å². The number of carbonyl (C=O) groups excluding carboxylic acids is 2. The van der Waals surface area contributed by atoms with Crippen LogP contribution in [0.3, 0.4) is 0 Å². The maximum atomic E-state index is 12.4. The molecule has 1 unspecified atom stereocenters. The van der Waals surface area contributed by atoms with Crippen LogP contribution in [0.5, 0.6) is 0 Å². The molecule has 1 atom stereocenters. The van der Waals surface area contributed by atoms with Gasteiger partial charge in [-0.3, -0.25) is 9.59 Å². The van der Waals surface area contributed by atoms with Crippen LogP contribution in [0.15, 0.2) is 24.3 Å². The normalized spacial score (nSPS) is 16.0. The summed E-state index contributed by atoms with van der Waals surface area (Å²) >= 11 is 0. The van der Waals surface area contributed by atoms with Crippen molar-refractivity contribution in [3.05, 3.63) is 29.8 Å². The highest BCUT2D eigenvalue weighted by atomic mass is 16.2. The van der Waals surface area contributed by atoms with Crippen molar-refractivity contribution in [3.63, 3.8) is 0 Å². The van der Waals surface area contributed by atoms with Crippen LogP contribution in [0.2, 0.25) is 0 Å². The Morgan fingerprint density at radius 3 is 2.67 bits per heavy atom. The van der Waals surface area contributed by atoms with Crippen LogP contribution in [-0.2, 0) is 4.79 Å². The summed E-state index contributed by atoms with van der Waals surface area (Å²) in [6.07, 6.45) is 5.38. The standard InChI is InChI=1S/C18H24N4O2/c19-9-10-21-18(24)16(13-5-2-1-3-6-13)12-22-17(23)14-7-4-8-15(20)11-14/h4,7-8,11,13,16H,1-3,5-6,10,12,20H2,(H,21,24)(H,22,23). The fourth-order valence-electron chi connectivity index (χ4n) is 3.25. The monoisotopic (exact) mass is 328 g/mol. The third-order valence-corrected chi connectivity index (χ3v) is 4.53. The van der Waals surface area contributed by atoms with Gasteiger partial charge in [-0.05, 0) is 37.0 Å². The second-order valence-electron chi connectivity index (χ2n) is 6.22. The average molecular weight is 328 g/mol. The molecule has 6 nitrogen and oxygen atoms in total. The smallest absolute Gasteiger partial charge is 0.251 e. The van der Waals surface area contributed by atoms with Gasteiger partial charge in [0.05, 0.1) is 12.0 Å². The molecule has 1 saturated carbocycles. The van der Waals surface area contributed by atoms with E-state index in [9.17, 15) is 9.59 Å². The highest BCUT2D eigenvalue weighted by Crippen LogP contribution is 2.30. The van der Waals surface area contributed by atoms with Crippen molar-refractivity contribution < 1.29 is 9.59 Å². The predicted octanol–water partition coefficient (Wildman–Crippen LogP) is 1.83. The molecule has 128 valence electrons. The van der Waals surface area contributed by atoms with E-state index in [1.807, 2.05) is 6.07 Å². The maximum absolute atomic E-state index is 12.4. The van der Waals surface area contributed by atoms with Gasteiger partial charge in [-0.25, -0.2) is 0 Å². The Morgan fingerprint density at radius 2 is 2.00 bits per heavy atom. The number of anilines is 1. The molecule has 0 radical (unpaired) electrons. The molecule has 1 aliphatic carbocycles. The first-order valence-corrected chi connectivity index (χ1v) is 8.40. The topological polar surface area (TPSA) is 108 Å². The number of nitrogens with one attached hydrogen (secondary N) is 2. The largest absolute Gasteiger partial charge is 0.399 e. The Kier molecular flexibility index (Phi) is 6.62. The molecule has 0 aromatic heterocycles. The molecule has 2 rings (SSSR count). The minimum atomic E-state index is -0.302. The van der Waals surface area contributed by atoms with E-state index in [0.29, 0.717) is 11.3 Å². The van der Waals surface area contributed by atoms with Gasteiger partial charge < -0.3 is 16.4 Å². The number of benzene rings is 1. The van der Waals surface area contributed by atoms with Gasteiger partial charge in [0.25, 0.3) is 5.91 Å². The minimum absolute atomic E-state index is 0.00871. The molecule has 1 aromatic carbocycles. The fourth-order valence-corrected chi connectivity index (χ4v) is 3.25. The molecule has 0 aliphatic heterocycles. The summed E-state index contributed by atoms with van der Waals surface area (Å²) in [5, 5.41) is 14.1. The highest BCUT2D eigenvalue weighted by molar-refractivity contribution is 5.95. The molecule has 6 heteroatoms. The zero-order chi connectivity index (χ0) is 17.4. The molecule has 0 heterocycles. The number of carbonyl (C=O) groups is 2. The molecule has 2 amide bonds. The molecule has 1 fully saturated rings. The maximum Gasteiger partial charge on any atom is 0.251 e. The lowest BCUT2D eigenvalue weighted by atomic mass is 9.79. The van der Waals surface area contributed by atoms with Crippen LogP contribution in [-0.4, -0.2) is 24.9 Å². The highest BCUT2D eigenvalue weighted by Gasteiger charge is 2.29. The number of amides is 2. The lowest BCUT2D eigenvalue weighted by Crippen LogP contribution is -2.43. The minimum Gasteiger partial charge on any atom is -0.399 e. The van der Waals surface area contributed by atoms with E-state index in [1.54, 1.807) is 24.3 Å². The van der Waals surface area contributed by atoms with Crippen LogP contribution in [0.25, 0.3) is 0 Å². The third kappa shape index (κ3) is 4.98. The quantitative estimate of drug-likeness (QED) is 0.547. The Morgan fingerprint density at radius 1 is 1.25 bits per heavy atom. The van der Waals surface area contributed by atoms with Gasteiger partial charge in [-0.1, -0.05) is 25.3 Å². The average Bonchev–Trinajstić information content (AvgIpc) is 2.60. The van der Waals surface area contributed by atoms with Crippen LogP contribution < -0.4 is 16.4 Å². The predicted molar refractivity (Wildman–Crippen MR) is 91.9 cm³/mol. The number of nitriles is 1. The van der Waals surface area contributed by atoms with E-state index in [2.05, 4.69) is 10.6 Å². The van der Waals surface area contributed by atoms with Gasteiger partial charge in [0.15, 0.2) is 0 Å². The van der Waals surface area contributed by atoms with E-state index < -0.39 is 0 Å². The summed E-state index contributed by atoms with van der Waals surface area (Å²) in [5.41, 5.74) is 6.71. The van der Waals surface area contributed by atoms with Crippen molar-refractivity contribution in [2.45, 2.75) is 32.1 Å². The second-order valence-corrected chi connectivity index (χ2v) is 6.22. The first-order chi connectivity index (χ1) is 11.6. The van der Waals surface area contributed by atoms with E-state index in [-0.39, 0.29) is 36.7 Å². The Labute approximate surface area is 142 Å². The third-order valence-electron chi connectivity index (χ3n) is 4.53. The van der Waals surface area contributed by atoms with Crippen LogP contribution in [0, 0.1) is 23.2 Å². The molecule has 4 N–H and O–H groups in total. The number of nitrogen functional groups attached to an aromatic ring is 1. The molecule has 1 aliphatic rings. The van der Waals surface area contributed by atoms with Gasteiger partial charge in [0.1, 0.15) is 6.54 Å². The molecule has 24 heavy (non-hydrogen) atoms. The second kappa shape index (κ2) is 8.92. The lowest BCUT2D eigenvalue weighted by Gasteiger charge is -2.29. The van der Waals surface area contributed by atoms with E-state index in [4.69, 9.17) is 11.0 Å². The summed E-state index contributed by atoms with van der Waals surface area (Å²) in [6.45, 7) is 0.265. The van der Waals surface area contributed by atoms with Crippen molar-refractivity contribution in [2.75, 3.05) is 18.8 Å². The Bertz CT molecular complexity index is 618. The number of nitrogens with two attached hydrogens (primary N) is 1. The molecule has 0 saturated heterocycles. The van der Waals surface area contributed by atoms with Gasteiger partial charge in [-0.15, -0.1) is 0 Å². The summed E-state index contributed by atoms with van der Waals surface area (Å²) in [4.78, 5) is 24.6. The summed E-state index contributed by atoms with van der Waals surface area (Å²) in [5.74, 6) is -0.449. The molecule has 1 aromatic rings. The first-order valence-electron chi connectivity index (χ1n) is 8.40. The number of hydrogen-bond donors (Lipinski definition) is 3. The zero-order valence-electron chi connectivity index (χ0n) is 13.8. The van der Waals surface area contributed by atoms with Crippen molar-refractivity contribution in [2.24, 2.45) is 11.8 Å². The van der Waals surface area contributed by atoms with Gasteiger partial charge >= 0.3 is 0 Å². The Hall–Kier alpha value is -2.55. The fraction of sp³-hybridized carbons (Fsp3) is 0.500. The van der Waals surface area contributed by atoms with E-state index in [1.165, 1.54) is 6.42 Å². The summed E-state index contributed by atoms with van der Waals surface area (Å²) in [6, 6.07) is 8.67. The van der Waals surface area contributed by atoms with Crippen LogP contribution in [0.4, 0.5) is 5.69 Å². The zero-order valence-corrected chi connectivity index (χ0v) is 13.8. The molecular weight excluding hydrogens is 304 g/mol. The SMILES string of the molecule is N#CCNC(=O)C(CNC(=O)c1cccc(N)c1)C1CCCCC1. The Balaban J connectivity index is 2.00. The van der Waals surface area contributed by atoms with Crippen molar-refractivity contribution in [1.82, 2.24) is 10.6 Å².